The van der Waals surface area contributed by atoms with Crippen LogP contribution in [0, 0.1) is 6.92 Å². The van der Waals surface area contributed by atoms with Crippen LogP contribution < -0.4 is 15.8 Å². The zero-order valence-electron chi connectivity index (χ0n) is 22.2. The second-order valence-electron chi connectivity index (χ2n) is 8.98. The fourth-order valence-corrected chi connectivity index (χ4v) is 5.63. The summed E-state index contributed by atoms with van der Waals surface area (Å²) in [7, 11) is -6.30. The number of nitrogens with one attached hydrogen (secondary N) is 2. The minimum absolute atomic E-state index is 0.158. The number of aryl methyl sites for hydroxylation is 1. The Morgan fingerprint density at radius 3 is 2.24 bits per heavy atom. The van der Waals surface area contributed by atoms with Crippen molar-refractivity contribution in [2.24, 2.45) is 5.14 Å². The highest BCUT2D eigenvalue weighted by molar-refractivity contribution is 7.90. The van der Waals surface area contributed by atoms with Crippen molar-refractivity contribution in [2.45, 2.75) is 51.8 Å². The number of nitrogens with two attached hydrogens (primary N) is 1. The number of sulfonamides is 2. The summed E-state index contributed by atoms with van der Waals surface area (Å²) < 4.78 is 45.6. The number of benzene rings is 2. The van der Waals surface area contributed by atoms with Gasteiger partial charge in [-0.05, 0) is 61.6 Å². The van der Waals surface area contributed by atoms with Crippen LogP contribution in [0.5, 0.6) is 0 Å². The molecule has 2 aromatic carbocycles. The number of para-hydroxylation sites is 1. The van der Waals surface area contributed by atoms with Crippen LogP contribution in [0.2, 0.25) is 0 Å². The molecule has 3 aromatic rings. The zero-order valence-corrected chi connectivity index (χ0v) is 23.8. The smallest absolute Gasteiger partial charge is 0.229 e. The molecule has 12 heteroatoms. The van der Waals surface area contributed by atoms with E-state index in [4.69, 9.17) is 0 Å². The van der Waals surface area contributed by atoms with Gasteiger partial charge >= 0.3 is 0 Å². The molecule has 1 aliphatic carbocycles. The molecule has 1 saturated carbocycles. The SMILES string of the molecule is CC.CS(N)(=O)=O.Cc1cnc(Nc2ccccc2)nc1Nc1ccc2c(c1)CCN(S(=O)(=O)C1CC1)C2. The summed E-state index contributed by atoms with van der Waals surface area (Å²) in [5, 5.41) is 10.8. The lowest BCUT2D eigenvalue weighted by Gasteiger charge is -2.28. The van der Waals surface area contributed by atoms with Gasteiger partial charge in [-0.2, -0.15) is 9.29 Å². The van der Waals surface area contributed by atoms with Crippen molar-refractivity contribution in [1.29, 1.82) is 0 Å². The molecule has 0 radical (unpaired) electrons. The summed E-state index contributed by atoms with van der Waals surface area (Å²) in [6.45, 7) is 6.98. The van der Waals surface area contributed by atoms with Crippen molar-refractivity contribution in [3.8, 4) is 0 Å². The molecule has 4 N–H and O–H groups in total. The van der Waals surface area contributed by atoms with Gasteiger partial charge in [-0.1, -0.05) is 38.1 Å². The van der Waals surface area contributed by atoms with Crippen molar-refractivity contribution >= 4 is 43.2 Å². The molecule has 2 heterocycles. The zero-order chi connectivity index (χ0) is 27.9. The Morgan fingerprint density at radius 2 is 1.61 bits per heavy atom. The van der Waals surface area contributed by atoms with Gasteiger partial charge in [0.15, 0.2) is 0 Å². The average Bonchev–Trinajstić information content (AvgIpc) is 3.73. The van der Waals surface area contributed by atoms with E-state index in [1.807, 2.05) is 63.2 Å². The van der Waals surface area contributed by atoms with Gasteiger partial charge in [0.25, 0.3) is 0 Å². The van der Waals surface area contributed by atoms with Crippen molar-refractivity contribution < 1.29 is 16.8 Å². The topological polar surface area (TPSA) is 147 Å². The summed E-state index contributed by atoms with van der Waals surface area (Å²) in [4.78, 5) is 9.00. The van der Waals surface area contributed by atoms with Gasteiger partial charge in [0.2, 0.25) is 26.0 Å². The molecule has 1 fully saturated rings. The van der Waals surface area contributed by atoms with E-state index in [1.54, 1.807) is 10.5 Å². The summed E-state index contributed by atoms with van der Waals surface area (Å²) in [5.74, 6) is 1.26. The lowest BCUT2D eigenvalue weighted by atomic mass is 10.0. The van der Waals surface area contributed by atoms with Gasteiger partial charge in [-0.3, -0.25) is 0 Å². The Hall–Kier alpha value is -3.06. The number of hydrogen-bond acceptors (Lipinski definition) is 8. The Labute approximate surface area is 225 Å². The largest absolute Gasteiger partial charge is 0.340 e. The monoisotopic (exact) mass is 560 g/mol. The van der Waals surface area contributed by atoms with Gasteiger partial charge in [0, 0.05) is 36.2 Å². The third-order valence-electron chi connectivity index (χ3n) is 5.75. The van der Waals surface area contributed by atoms with E-state index >= 15 is 0 Å². The summed E-state index contributed by atoms with van der Waals surface area (Å²) in [6, 6.07) is 15.9. The van der Waals surface area contributed by atoms with Crippen molar-refractivity contribution in [3.63, 3.8) is 0 Å². The van der Waals surface area contributed by atoms with Crippen LogP contribution in [-0.2, 0) is 33.0 Å². The van der Waals surface area contributed by atoms with Crippen molar-refractivity contribution in [1.82, 2.24) is 14.3 Å². The van der Waals surface area contributed by atoms with E-state index < -0.39 is 20.0 Å². The van der Waals surface area contributed by atoms with Gasteiger partial charge in [0.1, 0.15) is 5.82 Å². The standard InChI is InChI=1S/C23H25N5O2S.C2H6.CH5NO2S/c1-16-14-24-23(26-19-5-3-2-4-6-19)27-22(16)25-20-8-7-18-15-28(12-11-17(18)13-20)31(29,30)21-9-10-21;1-2;1-5(2,3)4/h2-8,13-14,21H,9-12,15H2,1H3,(H2,24,25,26,27);1-2H3;1H3,(H2,2,3,4). The first-order valence-electron chi connectivity index (χ1n) is 12.5. The lowest BCUT2D eigenvalue weighted by molar-refractivity contribution is 0.390. The number of primary sulfonamides is 1. The van der Waals surface area contributed by atoms with Crippen molar-refractivity contribution in [3.05, 3.63) is 71.4 Å². The Kier molecular flexibility index (Phi) is 9.82. The Morgan fingerprint density at radius 1 is 0.947 bits per heavy atom. The van der Waals surface area contributed by atoms with Gasteiger partial charge in [-0.15, -0.1) is 0 Å². The first kappa shape index (κ1) is 29.5. The normalized spacial score (nSPS) is 15.2. The maximum atomic E-state index is 12.6. The van der Waals surface area contributed by atoms with Crippen LogP contribution in [0.25, 0.3) is 0 Å². The number of nitrogens with zero attached hydrogens (tertiary/aromatic N) is 3. The molecule has 38 heavy (non-hydrogen) atoms. The maximum absolute atomic E-state index is 12.6. The van der Waals surface area contributed by atoms with Crippen LogP contribution in [0.15, 0.2) is 54.7 Å². The Balaban J connectivity index is 0.000000515. The van der Waals surface area contributed by atoms with Crippen LogP contribution >= 0.6 is 0 Å². The average molecular weight is 561 g/mol. The highest BCUT2D eigenvalue weighted by Gasteiger charge is 2.40. The molecule has 0 amide bonds. The molecule has 0 bridgehead atoms. The second kappa shape index (κ2) is 12.7. The number of rotatable bonds is 6. The summed E-state index contributed by atoms with van der Waals surface area (Å²) in [5.41, 5.74) is 5.06. The van der Waals surface area contributed by atoms with E-state index in [2.05, 4.69) is 31.8 Å². The summed E-state index contributed by atoms with van der Waals surface area (Å²) >= 11 is 0. The molecule has 0 spiro atoms. The van der Waals surface area contributed by atoms with E-state index in [1.165, 1.54) is 5.56 Å². The predicted octanol–water partition coefficient (Wildman–Crippen LogP) is 4.05. The number of anilines is 4. The molecule has 5 rings (SSSR count). The first-order chi connectivity index (χ1) is 18.0. The van der Waals surface area contributed by atoms with E-state index in [-0.39, 0.29) is 5.25 Å². The van der Waals surface area contributed by atoms with Crippen LogP contribution in [0.3, 0.4) is 0 Å². The number of aromatic nitrogens is 2. The molecule has 0 saturated heterocycles. The lowest BCUT2D eigenvalue weighted by Crippen LogP contribution is -2.38. The summed E-state index contributed by atoms with van der Waals surface area (Å²) in [6.07, 6.45) is 5.05. The molecular formula is C26H36N6O4S2. The number of hydrogen-bond donors (Lipinski definition) is 3. The fourth-order valence-electron chi connectivity index (χ4n) is 3.81. The molecule has 1 aliphatic heterocycles. The highest BCUT2D eigenvalue weighted by atomic mass is 32.2. The van der Waals surface area contributed by atoms with E-state index in [9.17, 15) is 16.8 Å². The van der Waals surface area contributed by atoms with E-state index in [0.717, 1.165) is 53.8 Å². The molecule has 2 aliphatic rings. The second-order valence-corrected chi connectivity index (χ2v) is 12.9. The molecular weight excluding hydrogens is 524 g/mol. The van der Waals surface area contributed by atoms with E-state index in [0.29, 0.717) is 19.0 Å². The highest BCUT2D eigenvalue weighted by Crippen LogP contribution is 2.34. The molecule has 0 unspecified atom stereocenters. The van der Waals surface area contributed by atoms with Gasteiger partial charge in [-0.25, -0.2) is 27.0 Å². The molecule has 10 nitrogen and oxygen atoms in total. The van der Waals surface area contributed by atoms with Gasteiger partial charge < -0.3 is 10.6 Å². The van der Waals surface area contributed by atoms with Crippen molar-refractivity contribution in [2.75, 3.05) is 23.4 Å². The minimum atomic E-state index is -3.17. The number of fused-ring (bicyclic) bond motifs is 1. The molecule has 1 aromatic heterocycles. The third-order valence-corrected chi connectivity index (χ3v) is 8.10. The van der Waals surface area contributed by atoms with Gasteiger partial charge in [0.05, 0.1) is 11.5 Å². The molecule has 206 valence electrons. The minimum Gasteiger partial charge on any atom is -0.340 e. The third kappa shape index (κ3) is 8.48. The quantitative estimate of drug-likeness (QED) is 0.409. The fraction of sp³-hybridized carbons (Fsp3) is 0.385. The maximum Gasteiger partial charge on any atom is 0.229 e. The molecule has 0 atom stereocenters. The Bertz CT molecular complexity index is 1440. The van der Waals surface area contributed by atoms with Crippen LogP contribution in [-0.4, -0.2) is 49.2 Å². The predicted molar refractivity (Wildman–Crippen MR) is 153 cm³/mol. The first-order valence-corrected chi connectivity index (χ1v) is 16.0. The van der Waals surface area contributed by atoms with Crippen LogP contribution in [0.1, 0.15) is 43.4 Å². The van der Waals surface area contributed by atoms with Crippen LogP contribution in [0.4, 0.5) is 23.1 Å².